The van der Waals surface area contributed by atoms with E-state index in [0.29, 0.717) is 43.5 Å². The Labute approximate surface area is 245 Å². The van der Waals surface area contributed by atoms with Crippen LogP contribution in [0.15, 0.2) is 48.5 Å². The van der Waals surface area contributed by atoms with Crippen molar-refractivity contribution in [1.29, 1.82) is 0 Å². The van der Waals surface area contributed by atoms with Crippen LogP contribution in [0.2, 0.25) is 0 Å². The number of rotatable bonds is 16. The van der Waals surface area contributed by atoms with E-state index in [1.54, 1.807) is 14.2 Å². The Bertz CT molecular complexity index is 1090. The minimum absolute atomic E-state index is 0.167. The van der Waals surface area contributed by atoms with Crippen molar-refractivity contribution in [3.63, 3.8) is 0 Å². The van der Waals surface area contributed by atoms with E-state index < -0.39 is 12.2 Å². The molecule has 1 amide bonds. The fourth-order valence-corrected chi connectivity index (χ4v) is 5.21. The first-order valence-electron chi connectivity index (χ1n) is 14.7. The highest BCUT2D eigenvalue weighted by atomic mass is 16.6. The average Bonchev–Trinajstić information content (AvgIpc) is 3.36. The van der Waals surface area contributed by atoms with E-state index in [1.165, 1.54) is 0 Å². The van der Waals surface area contributed by atoms with Crippen molar-refractivity contribution in [2.45, 2.75) is 72.1 Å². The topological polar surface area (TPSA) is 92.3 Å². The van der Waals surface area contributed by atoms with E-state index in [9.17, 15) is 9.59 Å². The van der Waals surface area contributed by atoms with Crippen LogP contribution >= 0.6 is 0 Å². The Balaban J connectivity index is 1.75. The van der Waals surface area contributed by atoms with E-state index in [1.807, 2.05) is 56.3 Å². The van der Waals surface area contributed by atoms with E-state index >= 15 is 0 Å². The van der Waals surface area contributed by atoms with Gasteiger partial charge >= 0.3 is 12.1 Å². The second-order valence-corrected chi connectivity index (χ2v) is 11.5. The highest BCUT2D eigenvalue weighted by Gasteiger charge is 2.42. The maximum atomic E-state index is 12.9. The molecule has 3 rings (SSSR count). The smallest absolute Gasteiger partial charge is 0.407 e. The molecule has 4 atom stereocenters. The van der Waals surface area contributed by atoms with Crippen molar-refractivity contribution in [3.8, 4) is 11.5 Å². The molecule has 0 aliphatic carbocycles. The minimum Gasteiger partial charge on any atom is -0.493 e. The summed E-state index contributed by atoms with van der Waals surface area (Å²) in [4.78, 5) is 25.6. The number of carbonyl (C=O) groups is 2. The largest absolute Gasteiger partial charge is 0.493 e. The third-order valence-corrected chi connectivity index (χ3v) is 7.80. The molecule has 1 aliphatic heterocycles. The molecule has 2 aromatic rings. The van der Waals surface area contributed by atoms with Gasteiger partial charge in [-0.25, -0.2) is 4.79 Å². The van der Waals surface area contributed by atoms with Crippen LogP contribution in [-0.2, 0) is 32.0 Å². The van der Waals surface area contributed by atoms with Gasteiger partial charge in [0.15, 0.2) is 11.5 Å². The first-order valence-corrected chi connectivity index (χ1v) is 14.7. The zero-order valence-corrected chi connectivity index (χ0v) is 25.4. The molecule has 0 spiro atoms. The van der Waals surface area contributed by atoms with Gasteiger partial charge in [-0.2, -0.15) is 0 Å². The van der Waals surface area contributed by atoms with Crippen LogP contribution in [0.25, 0.3) is 0 Å². The maximum absolute atomic E-state index is 12.9. The summed E-state index contributed by atoms with van der Waals surface area (Å²) in [5.74, 6) is 1.69. The van der Waals surface area contributed by atoms with Crippen molar-refractivity contribution in [3.05, 3.63) is 59.7 Å². The van der Waals surface area contributed by atoms with Crippen molar-refractivity contribution < 1.29 is 33.3 Å². The van der Waals surface area contributed by atoms with Crippen LogP contribution in [0.5, 0.6) is 11.5 Å². The van der Waals surface area contributed by atoms with Crippen LogP contribution in [0.3, 0.4) is 0 Å². The second-order valence-electron chi connectivity index (χ2n) is 11.5. The summed E-state index contributed by atoms with van der Waals surface area (Å²) in [6, 6.07) is 15.2. The monoisotopic (exact) mass is 569 g/mol. The summed E-state index contributed by atoms with van der Waals surface area (Å²) in [7, 11) is 3.31. The molecule has 1 heterocycles. The Morgan fingerprint density at radius 2 is 1.76 bits per heavy atom. The van der Waals surface area contributed by atoms with E-state index in [4.69, 9.17) is 23.7 Å². The van der Waals surface area contributed by atoms with Gasteiger partial charge in [0.05, 0.1) is 25.7 Å². The number of carbonyl (C=O) groups excluding carboxylic acids is 2. The first kappa shape index (κ1) is 32.3. The lowest BCUT2D eigenvalue weighted by Gasteiger charge is -2.30. The number of benzene rings is 2. The third kappa shape index (κ3) is 9.95. The number of nitrogens with one attached hydrogen (secondary N) is 1. The van der Waals surface area contributed by atoms with Gasteiger partial charge in [0.2, 0.25) is 0 Å². The molecule has 1 N–H and O–H groups in total. The van der Waals surface area contributed by atoms with Crippen molar-refractivity contribution in [1.82, 2.24) is 5.32 Å². The Morgan fingerprint density at radius 1 is 1.00 bits per heavy atom. The van der Waals surface area contributed by atoms with Gasteiger partial charge in [0, 0.05) is 20.1 Å². The molecule has 0 bridgehead atoms. The van der Waals surface area contributed by atoms with Gasteiger partial charge in [0.1, 0.15) is 12.7 Å². The molecule has 8 nitrogen and oxygen atoms in total. The summed E-state index contributed by atoms with van der Waals surface area (Å²) in [6.07, 6.45) is 1.84. The van der Waals surface area contributed by atoms with Crippen molar-refractivity contribution in [2.24, 2.45) is 23.7 Å². The molecule has 8 heteroatoms. The first-order chi connectivity index (χ1) is 19.7. The maximum Gasteiger partial charge on any atom is 0.407 e. The molecule has 226 valence electrons. The van der Waals surface area contributed by atoms with Gasteiger partial charge in [-0.3, -0.25) is 4.79 Å². The number of hydrogen-bond donors (Lipinski definition) is 1. The van der Waals surface area contributed by atoms with Gasteiger partial charge in [0.25, 0.3) is 0 Å². The van der Waals surface area contributed by atoms with Crippen molar-refractivity contribution >= 4 is 12.1 Å². The number of amides is 1. The molecule has 1 aliphatic rings. The fraction of sp³-hybridized carbons (Fsp3) is 0.576. The average molecular weight is 570 g/mol. The Morgan fingerprint density at radius 3 is 2.39 bits per heavy atom. The van der Waals surface area contributed by atoms with Crippen molar-refractivity contribution in [2.75, 3.05) is 27.4 Å². The zero-order valence-electron chi connectivity index (χ0n) is 25.4. The van der Waals surface area contributed by atoms with Gasteiger partial charge in [-0.05, 0) is 60.3 Å². The number of cyclic esters (lactones) is 1. The molecule has 0 saturated carbocycles. The van der Waals surface area contributed by atoms with Crippen LogP contribution in [0.4, 0.5) is 4.79 Å². The molecule has 2 aromatic carbocycles. The van der Waals surface area contributed by atoms with E-state index in [-0.39, 0.29) is 36.4 Å². The summed E-state index contributed by atoms with van der Waals surface area (Å²) < 4.78 is 28.0. The standard InChI is InChI=1S/C33H47NO7/c1-22(2)26(17-25-13-14-29(38-6)31(18-25)39-16-10-15-37-5)19-28(30-20-27(23(3)4)32(35)41-30)34-33(36)40-21-24-11-8-7-9-12-24/h7-9,11-14,18,22-23,26-28,30H,10,15-17,19-21H2,1-6H3,(H,34,36). The number of alkyl carbamates (subject to hydrolysis) is 1. The van der Waals surface area contributed by atoms with Crippen LogP contribution in [-0.4, -0.2) is 51.6 Å². The molecule has 1 saturated heterocycles. The quantitative estimate of drug-likeness (QED) is 0.190. The number of ether oxygens (including phenoxy) is 5. The molecule has 1 fully saturated rings. The third-order valence-electron chi connectivity index (χ3n) is 7.80. The second kappa shape index (κ2) is 16.2. The predicted molar refractivity (Wildman–Crippen MR) is 158 cm³/mol. The molecule has 41 heavy (non-hydrogen) atoms. The van der Waals surface area contributed by atoms with Gasteiger partial charge < -0.3 is 29.0 Å². The van der Waals surface area contributed by atoms with E-state index in [2.05, 4.69) is 25.2 Å². The van der Waals surface area contributed by atoms with Gasteiger partial charge in [-0.1, -0.05) is 64.1 Å². The molecular formula is C33H47NO7. The van der Waals surface area contributed by atoms with Gasteiger partial charge in [-0.15, -0.1) is 0 Å². The number of hydrogen-bond acceptors (Lipinski definition) is 7. The number of esters is 1. The molecule has 0 aromatic heterocycles. The van der Waals surface area contributed by atoms with E-state index in [0.717, 1.165) is 24.0 Å². The molecule has 4 unspecified atom stereocenters. The molecule has 0 radical (unpaired) electrons. The van der Waals surface area contributed by atoms with Crippen LogP contribution in [0.1, 0.15) is 58.1 Å². The van der Waals surface area contributed by atoms with Crippen LogP contribution in [0, 0.1) is 23.7 Å². The predicted octanol–water partition coefficient (Wildman–Crippen LogP) is 6.20. The highest BCUT2D eigenvalue weighted by Crippen LogP contribution is 2.34. The lowest BCUT2D eigenvalue weighted by atomic mass is 9.81. The summed E-state index contributed by atoms with van der Waals surface area (Å²) in [5.41, 5.74) is 2.02. The minimum atomic E-state index is -0.512. The Hall–Kier alpha value is -3.26. The van der Waals surface area contributed by atoms with Crippen LogP contribution < -0.4 is 14.8 Å². The Kier molecular flexibility index (Phi) is 12.8. The number of methoxy groups -OCH3 is 2. The zero-order chi connectivity index (χ0) is 29.8. The summed E-state index contributed by atoms with van der Waals surface area (Å²) >= 11 is 0. The fourth-order valence-electron chi connectivity index (χ4n) is 5.21. The SMILES string of the molecule is COCCCOc1cc(CC(CC(NC(=O)OCc2ccccc2)C2CC(C(C)C)C(=O)O2)C(C)C)ccc1OC. The normalized spacial score (nSPS) is 18.2. The molecular weight excluding hydrogens is 522 g/mol. The highest BCUT2D eigenvalue weighted by molar-refractivity contribution is 5.75. The lowest BCUT2D eigenvalue weighted by Crippen LogP contribution is -2.45. The lowest BCUT2D eigenvalue weighted by molar-refractivity contribution is -0.146. The summed E-state index contributed by atoms with van der Waals surface area (Å²) in [5, 5.41) is 3.05. The summed E-state index contributed by atoms with van der Waals surface area (Å²) in [6.45, 7) is 9.74.